The number of pyridine rings is 1. The van der Waals surface area contributed by atoms with Crippen LogP contribution in [-0.4, -0.2) is 87.7 Å². The highest BCUT2D eigenvalue weighted by Gasteiger charge is 2.27. The van der Waals surface area contributed by atoms with Gasteiger partial charge in [-0.25, -0.2) is 14.8 Å². The summed E-state index contributed by atoms with van der Waals surface area (Å²) in [7, 11) is 0. The quantitative estimate of drug-likeness (QED) is 0.0298. The van der Waals surface area contributed by atoms with E-state index in [1.807, 2.05) is 0 Å². The van der Waals surface area contributed by atoms with Crippen molar-refractivity contribution in [3.8, 4) is 0 Å². The summed E-state index contributed by atoms with van der Waals surface area (Å²) < 4.78 is 10.0. The van der Waals surface area contributed by atoms with Crippen LogP contribution < -0.4 is 27.4 Å². The molecule has 4 atom stereocenters. The van der Waals surface area contributed by atoms with Crippen LogP contribution in [-0.2, 0) is 35.2 Å². The van der Waals surface area contributed by atoms with Crippen molar-refractivity contribution in [1.29, 1.82) is 0 Å². The summed E-state index contributed by atoms with van der Waals surface area (Å²) in [5, 5.41) is 16.3. The van der Waals surface area contributed by atoms with Crippen molar-refractivity contribution in [2.45, 2.75) is 51.9 Å². The predicted molar refractivity (Wildman–Crippen MR) is 192 cm³/mol. The number of nitrogens with one attached hydrogen (secondary N) is 2. The molecule has 1 amide bonds. The second kappa shape index (κ2) is 18.4. The van der Waals surface area contributed by atoms with Gasteiger partial charge in [0.2, 0.25) is 0 Å². The number of carbonyl (C=O) groups excluding carboxylic acids is 4. The highest BCUT2D eigenvalue weighted by atomic mass is 16.7. The standard InChI is InChI=1S/C35H43N9O8/c1-4-50-29(46)14-16-44(28-7-5-6-15-39-28)33(47)23-10-13-25-26(17-23)42-27(41-25)18-40-24-11-8-22(9-12-24)32(38)43-52-35(49)30(36)20(2)19-51-34(48)31(37)21(3)45/h5-13,15,17,20-21,30-31,40,45H,4,14,16,18-19,36-37H2,1-3H3,(H2,38,43)(H,41,42). The number of nitrogens with two attached hydrogens (primary N) is 3. The van der Waals surface area contributed by atoms with Crippen LogP contribution in [0.4, 0.5) is 11.5 Å². The molecule has 17 nitrogen and oxygen atoms in total. The minimum atomic E-state index is -1.22. The number of carbonyl (C=O) groups is 4. The first-order chi connectivity index (χ1) is 24.9. The highest BCUT2D eigenvalue weighted by Crippen LogP contribution is 2.20. The maximum Gasteiger partial charge on any atom is 0.352 e. The third-order valence-corrected chi connectivity index (χ3v) is 7.83. The number of esters is 2. The molecule has 276 valence electrons. The largest absolute Gasteiger partial charge is 0.466 e. The third kappa shape index (κ3) is 10.5. The molecule has 52 heavy (non-hydrogen) atoms. The Hall–Kier alpha value is -5.91. The second-order valence-electron chi connectivity index (χ2n) is 11.8. The average molecular weight is 718 g/mol. The van der Waals surface area contributed by atoms with Crippen LogP contribution in [0.5, 0.6) is 0 Å². The number of oxime groups is 1. The molecule has 2 heterocycles. The molecule has 4 aromatic rings. The summed E-state index contributed by atoms with van der Waals surface area (Å²) in [5.41, 5.74) is 20.4. The number of nitrogens with zero attached hydrogens (tertiary/aromatic N) is 4. The summed E-state index contributed by atoms with van der Waals surface area (Å²) in [5.74, 6) is -2.11. The van der Waals surface area contributed by atoms with E-state index in [0.717, 1.165) is 5.69 Å². The first-order valence-corrected chi connectivity index (χ1v) is 16.5. The van der Waals surface area contributed by atoms with Gasteiger partial charge in [-0.2, -0.15) is 0 Å². The molecule has 0 bridgehead atoms. The fourth-order valence-corrected chi connectivity index (χ4v) is 4.70. The van der Waals surface area contributed by atoms with Crippen LogP contribution in [0.1, 0.15) is 48.9 Å². The Kier molecular flexibility index (Phi) is 13.7. The maximum absolute atomic E-state index is 13.6. The second-order valence-corrected chi connectivity index (χ2v) is 11.8. The molecule has 0 saturated heterocycles. The zero-order valence-corrected chi connectivity index (χ0v) is 29.0. The van der Waals surface area contributed by atoms with Crippen LogP contribution in [0.15, 0.2) is 72.0 Å². The molecule has 0 fully saturated rings. The molecule has 4 rings (SSSR count). The number of hydrogen-bond donors (Lipinski definition) is 6. The zero-order valence-electron chi connectivity index (χ0n) is 29.0. The number of rotatable bonds is 17. The van der Waals surface area contributed by atoms with E-state index in [9.17, 15) is 24.3 Å². The monoisotopic (exact) mass is 717 g/mol. The number of ether oxygens (including phenoxy) is 2. The van der Waals surface area contributed by atoms with E-state index in [4.69, 9.17) is 31.5 Å². The highest BCUT2D eigenvalue weighted by molar-refractivity contribution is 6.07. The van der Waals surface area contributed by atoms with Crippen molar-refractivity contribution >= 4 is 52.2 Å². The maximum atomic E-state index is 13.6. The number of aromatic nitrogens is 3. The Morgan fingerprint density at radius 2 is 1.71 bits per heavy atom. The van der Waals surface area contributed by atoms with Crippen molar-refractivity contribution in [3.05, 3.63) is 83.8 Å². The fraction of sp³-hybridized carbons (Fsp3) is 0.343. The van der Waals surface area contributed by atoms with Gasteiger partial charge in [0.25, 0.3) is 5.91 Å². The molecule has 0 spiro atoms. The molecule has 0 aliphatic rings. The van der Waals surface area contributed by atoms with Gasteiger partial charge >= 0.3 is 17.9 Å². The van der Waals surface area contributed by atoms with Gasteiger partial charge in [0.15, 0.2) is 5.84 Å². The lowest BCUT2D eigenvalue weighted by atomic mass is 10.0. The number of amidine groups is 1. The van der Waals surface area contributed by atoms with Crippen LogP contribution >= 0.6 is 0 Å². The Labute approximate surface area is 299 Å². The predicted octanol–water partition coefficient (Wildman–Crippen LogP) is 1.55. The van der Waals surface area contributed by atoms with Crippen LogP contribution in [0.3, 0.4) is 0 Å². The Balaban J connectivity index is 1.32. The Bertz CT molecular complexity index is 1870. The molecule has 4 unspecified atom stereocenters. The van der Waals surface area contributed by atoms with Crippen LogP contribution in [0, 0.1) is 5.92 Å². The molecular weight excluding hydrogens is 674 g/mol. The van der Waals surface area contributed by atoms with Crippen molar-refractivity contribution in [1.82, 2.24) is 15.0 Å². The van der Waals surface area contributed by atoms with E-state index in [-0.39, 0.29) is 37.9 Å². The fourth-order valence-electron chi connectivity index (χ4n) is 4.70. The summed E-state index contributed by atoms with van der Waals surface area (Å²) in [6.07, 6.45) is 0.503. The molecule has 9 N–H and O–H groups in total. The van der Waals surface area contributed by atoms with Gasteiger partial charge in [0.05, 0.1) is 43.3 Å². The lowest BCUT2D eigenvalue weighted by Crippen LogP contribution is -2.44. The number of benzene rings is 2. The van der Waals surface area contributed by atoms with Gasteiger partial charge in [0.1, 0.15) is 23.7 Å². The number of fused-ring (bicyclic) bond motifs is 1. The SMILES string of the molecule is CCOC(=O)CCN(C(=O)c1ccc2nc(CNc3ccc(/C(N)=N/OC(=O)C(N)C(C)COC(=O)C(N)C(C)O)cc3)[nH]c2c1)c1ccccn1. The number of aromatic amines is 1. The van der Waals surface area contributed by atoms with E-state index in [1.54, 1.807) is 80.7 Å². The lowest BCUT2D eigenvalue weighted by Gasteiger charge is -2.21. The van der Waals surface area contributed by atoms with Crippen molar-refractivity contribution < 1.29 is 38.6 Å². The van der Waals surface area contributed by atoms with Crippen molar-refractivity contribution in [2.75, 3.05) is 30.0 Å². The van der Waals surface area contributed by atoms with Gasteiger partial charge < -0.3 is 46.9 Å². The topological polar surface area (TPSA) is 263 Å². The van der Waals surface area contributed by atoms with Crippen LogP contribution in [0.2, 0.25) is 0 Å². The van der Waals surface area contributed by atoms with Gasteiger partial charge in [-0.3, -0.25) is 19.3 Å². The van der Waals surface area contributed by atoms with E-state index < -0.39 is 42.0 Å². The van der Waals surface area contributed by atoms with Crippen LogP contribution in [0.25, 0.3) is 11.0 Å². The molecule has 2 aromatic heterocycles. The summed E-state index contributed by atoms with van der Waals surface area (Å²) in [6, 6.07) is 14.8. The number of anilines is 2. The first-order valence-electron chi connectivity index (χ1n) is 16.5. The minimum Gasteiger partial charge on any atom is -0.466 e. The molecule has 0 aliphatic carbocycles. The summed E-state index contributed by atoms with van der Waals surface area (Å²) in [4.78, 5) is 68.3. The summed E-state index contributed by atoms with van der Waals surface area (Å²) >= 11 is 0. The van der Waals surface area contributed by atoms with E-state index >= 15 is 0 Å². The number of H-pyrrole nitrogens is 1. The normalized spacial score (nSPS) is 13.8. The minimum absolute atomic E-state index is 0.0189. The van der Waals surface area contributed by atoms with Crippen molar-refractivity contribution in [2.24, 2.45) is 28.3 Å². The molecule has 0 aliphatic heterocycles. The number of imidazole rings is 1. The van der Waals surface area contributed by atoms with E-state index in [2.05, 4.69) is 25.4 Å². The Morgan fingerprint density at radius 3 is 2.38 bits per heavy atom. The van der Waals surface area contributed by atoms with Gasteiger partial charge in [0, 0.05) is 35.5 Å². The molecular formula is C35H43N9O8. The van der Waals surface area contributed by atoms with Gasteiger partial charge in [-0.15, -0.1) is 0 Å². The molecule has 0 saturated carbocycles. The van der Waals surface area contributed by atoms with E-state index in [1.165, 1.54) is 11.8 Å². The van der Waals surface area contributed by atoms with E-state index in [0.29, 0.717) is 40.3 Å². The lowest BCUT2D eigenvalue weighted by molar-refractivity contribution is -0.153. The number of aliphatic hydroxyl groups is 1. The van der Waals surface area contributed by atoms with Gasteiger partial charge in [-0.05, 0) is 68.4 Å². The Morgan fingerprint density at radius 1 is 0.981 bits per heavy atom. The average Bonchev–Trinajstić information content (AvgIpc) is 3.57. The first kappa shape index (κ1) is 38.9. The number of aliphatic hydroxyl groups excluding tert-OH is 1. The summed E-state index contributed by atoms with van der Waals surface area (Å²) in [6.45, 7) is 5.12. The molecule has 0 radical (unpaired) electrons. The molecule has 17 heteroatoms. The number of amides is 1. The molecule has 2 aromatic carbocycles. The smallest absolute Gasteiger partial charge is 0.352 e. The third-order valence-electron chi connectivity index (χ3n) is 7.83. The van der Waals surface area contributed by atoms with Crippen molar-refractivity contribution in [3.63, 3.8) is 0 Å². The number of hydrogen-bond acceptors (Lipinski definition) is 14. The van der Waals surface area contributed by atoms with Gasteiger partial charge in [-0.1, -0.05) is 18.1 Å². The zero-order chi connectivity index (χ0) is 37.8.